The monoisotopic (exact) mass is 387 g/mol. The molecule has 0 amide bonds. The number of hydrogen-bond acceptors (Lipinski definition) is 4. The van der Waals surface area contributed by atoms with Crippen LogP contribution in [0.3, 0.4) is 0 Å². The van der Waals surface area contributed by atoms with Crippen LogP contribution in [0, 0.1) is 0 Å². The van der Waals surface area contributed by atoms with Gasteiger partial charge in [-0.1, -0.05) is 36.4 Å². The Bertz CT molecular complexity index is 867. The van der Waals surface area contributed by atoms with Crippen LogP contribution in [0.1, 0.15) is 18.1 Å². The van der Waals surface area contributed by atoms with Gasteiger partial charge in [-0.3, -0.25) is 4.79 Å². The summed E-state index contributed by atoms with van der Waals surface area (Å²) in [7, 11) is -3.95. The fourth-order valence-electron chi connectivity index (χ4n) is 2.15. The number of sulfonamides is 1. The molecule has 9 heteroatoms. The molecule has 0 saturated heterocycles. The first kappa shape index (κ1) is 19.9. The molecule has 0 heterocycles. The van der Waals surface area contributed by atoms with Crippen LogP contribution in [0.2, 0.25) is 0 Å². The molecule has 0 bridgehead atoms. The van der Waals surface area contributed by atoms with E-state index in [1.54, 1.807) is 6.07 Å². The predicted molar refractivity (Wildman–Crippen MR) is 87.5 cm³/mol. The van der Waals surface area contributed by atoms with Gasteiger partial charge in [-0.2, -0.15) is 17.9 Å². The van der Waals surface area contributed by atoms with E-state index in [1.807, 2.05) is 0 Å². The molecule has 2 aromatic rings. The Labute approximate surface area is 148 Å². The lowest BCUT2D eigenvalue weighted by Gasteiger charge is -2.16. The number of nitrogens with one attached hydrogen (secondary N) is 1. The second-order valence-electron chi connectivity index (χ2n) is 5.42. The SMILES string of the molecule is C[C@H](NS(=O)(=O)c1ccccc1)C(=O)OCc1ccccc1C(F)(F)F. The van der Waals surface area contributed by atoms with E-state index in [-0.39, 0.29) is 10.5 Å². The van der Waals surface area contributed by atoms with Gasteiger partial charge in [-0.15, -0.1) is 0 Å². The van der Waals surface area contributed by atoms with Gasteiger partial charge in [0.2, 0.25) is 10.0 Å². The van der Waals surface area contributed by atoms with E-state index in [0.29, 0.717) is 0 Å². The first-order chi connectivity index (χ1) is 12.1. The highest BCUT2D eigenvalue weighted by atomic mass is 32.2. The maximum atomic E-state index is 12.9. The number of rotatable bonds is 6. The molecule has 1 atom stereocenters. The Balaban J connectivity index is 2.03. The summed E-state index contributed by atoms with van der Waals surface area (Å²) in [6.45, 7) is 0.629. The van der Waals surface area contributed by atoms with Crippen molar-refractivity contribution in [3.8, 4) is 0 Å². The smallest absolute Gasteiger partial charge is 0.416 e. The van der Waals surface area contributed by atoms with Crippen molar-refractivity contribution in [2.45, 2.75) is 30.6 Å². The molecule has 0 aliphatic carbocycles. The van der Waals surface area contributed by atoms with E-state index in [4.69, 9.17) is 4.74 Å². The van der Waals surface area contributed by atoms with Crippen molar-refractivity contribution in [1.82, 2.24) is 4.72 Å². The van der Waals surface area contributed by atoms with Gasteiger partial charge in [0, 0.05) is 5.56 Å². The molecule has 2 aromatic carbocycles. The van der Waals surface area contributed by atoms with Crippen molar-refractivity contribution in [1.29, 1.82) is 0 Å². The van der Waals surface area contributed by atoms with Crippen LogP contribution in [0.15, 0.2) is 59.5 Å². The van der Waals surface area contributed by atoms with Crippen LogP contribution in [-0.4, -0.2) is 20.4 Å². The Morgan fingerprint density at radius 1 is 1.08 bits per heavy atom. The van der Waals surface area contributed by atoms with Crippen LogP contribution < -0.4 is 4.72 Å². The van der Waals surface area contributed by atoms with E-state index in [2.05, 4.69) is 4.72 Å². The number of halogens is 3. The van der Waals surface area contributed by atoms with Crippen molar-refractivity contribution in [2.24, 2.45) is 0 Å². The molecule has 0 unspecified atom stereocenters. The molecule has 0 aromatic heterocycles. The Hall–Kier alpha value is -2.39. The summed E-state index contributed by atoms with van der Waals surface area (Å²) in [5.41, 5.74) is -1.13. The summed E-state index contributed by atoms with van der Waals surface area (Å²) in [6, 6.07) is 10.8. The van der Waals surface area contributed by atoms with E-state index in [1.165, 1.54) is 49.4 Å². The van der Waals surface area contributed by atoms with Crippen LogP contribution in [-0.2, 0) is 32.3 Å². The third-order valence-corrected chi connectivity index (χ3v) is 4.99. The Kier molecular flexibility index (Phi) is 6.04. The molecule has 0 saturated carbocycles. The standard InChI is InChI=1S/C17H16F3NO4S/c1-12(21-26(23,24)14-8-3-2-4-9-14)16(22)25-11-13-7-5-6-10-15(13)17(18,19)20/h2-10,12,21H,11H2,1H3/t12-/m0/s1. The molecule has 0 aliphatic rings. The molecule has 0 aliphatic heterocycles. The van der Waals surface area contributed by atoms with Gasteiger partial charge >= 0.3 is 12.1 Å². The average molecular weight is 387 g/mol. The fourth-order valence-corrected chi connectivity index (χ4v) is 3.36. The minimum absolute atomic E-state index is 0.0398. The van der Waals surface area contributed by atoms with Crippen molar-refractivity contribution in [2.75, 3.05) is 0 Å². The number of carbonyl (C=O) groups excluding carboxylic acids is 1. The minimum Gasteiger partial charge on any atom is -0.460 e. The van der Waals surface area contributed by atoms with Gasteiger partial charge in [0.1, 0.15) is 12.6 Å². The van der Waals surface area contributed by atoms with Gasteiger partial charge in [0.25, 0.3) is 0 Å². The third-order valence-electron chi connectivity index (χ3n) is 3.43. The molecule has 140 valence electrons. The molecular formula is C17H16F3NO4S. The summed E-state index contributed by atoms with van der Waals surface area (Å²) in [4.78, 5) is 11.9. The molecule has 1 N–H and O–H groups in total. The maximum absolute atomic E-state index is 12.9. The van der Waals surface area contributed by atoms with Gasteiger partial charge in [0.05, 0.1) is 10.5 Å². The van der Waals surface area contributed by atoms with Gasteiger partial charge in [-0.25, -0.2) is 8.42 Å². The molecule has 2 rings (SSSR count). The maximum Gasteiger partial charge on any atom is 0.416 e. The van der Waals surface area contributed by atoms with Crippen molar-refractivity contribution < 1.29 is 31.1 Å². The normalized spacial score (nSPS) is 13.2. The topological polar surface area (TPSA) is 72.5 Å². The van der Waals surface area contributed by atoms with Crippen LogP contribution >= 0.6 is 0 Å². The zero-order valence-corrected chi connectivity index (χ0v) is 14.5. The average Bonchev–Trinajstić information content (AvgIpc) is 2.59. The summed E-state index contributed by atoms with van der Waals surface area (Å²) < 4.78 is 70.0. The molecule has 0 fully saturated rings. The van der Waals surface area contributed by atoms with Gasteiger partial charge in [0.15, 0.2) is 0 Å². The molecule has 26 heavy (non-hydrogen) atoms. The molecular weight excluding hydrogens is 371 g/mol. The number of benzene rings is 2. The second kappa shape index (κ2) is 7.88. The Morgan fingerprint density at radius 2 is 1.65 bits per heavy atom. The second-order valence-corrected chi connectivity index (χ2v) is 7.13. The zero-order chi connectivity index (χ0) is 19.4. The lowest BCUT2D eigenvalue weighted by Crippen LogP contribution is -2.39. The van der Waals surface area contributed by atoms with E-state index < -0.39 is 40.4 Å². The molecule has 5 nitrogen and oxygen atoms in total. The Morgan fingerprint density at radius 3 is 2.27 bits per heavy atom. The van der Waals surface area contributed by atoms with E-state index in [9.17, 15) is 26.4 Å². The summed E-state index contributed by atoms with van der Waals surface area (Å²) in [6.07, 6.45) is -4.58. The van der Waals surface area contributed by atoms with Crippen molar-refractivity contribution in [3.63, 3.8) is 0 Å². The number of hydrogen-bond donors (Lipinski definition) is 1. The fraction of sp³-hybridized carbons (Fsp3) is 0.235. The van der Waals surface area contributed by atoms with Crippen LogP contribution in [0.25, 0.3) is 0 Å². The highest BCUT2D eigenvalue weighted by molar-refractivity contribution is 7.89. The summed E-state index contributed by atoms with van der Waals surface area (Å²) >= 11 is 0. The number of carbonyl (C=O) groups is 1. The minimum atomic E-state index is -4.58. The predicted octanol–water partition coefficient (Wildman–Crippen LogP) is 3.12. The van der Waals surface area contributed by atoms with Crippen molar-refractivity contribution >= 4 is 16.0 Å². The number of ether oxygens (including phenoxy) is 1. The lowest BCUT2D eigenvalue weighted by molar-refractivity contribution is -0.149. The summed E-state index contributed by atoms with van der Waals surface area (Å²) in [5.74, 6) is -0.985. The number of alkyl halides is 3. The summed E-state index contributed by atoms with van der Waals surface area (Å²) in [5, 5.41) is 0. The first-order valence-corrected chi connectivity index (χ1v) is 8.98. The van der Waals surface area contributed by atoms with Crippen LogP contribution in [0.4, 0.5) is 13.2 Å². The lowest BCUT2D eigenvalue weighted by atomic mass is 10.1. The number of esters is 1. The van der Waals surface area contributed by atoms with E-state index >= 15 is 0 Å². The third kappa shape index (κ3) is 5.06. The molecule has 0 radical (unpaired) electrons. The quantitative estimate of drug-likeness (QED) is 0.773. The van der Waals surface area contributed by atoms with Crippen molar-refractivity contribution in [3.05, 3.63) is 65.7 Å². The van der Waals surface area contributed by atoms with Crippen LogP contribution in [0.5, 0.6) is 0 Å². The van der Waals surface area contributed by atoms with E-state index in [0.717, 1.165) is 6.07 Å². The first-order valence-electron chi connectivity index (χ1n) is 7.50. The largest absolute Gasteiger partial charge is 0.460 e. The zero-order valence-electron chi connectivity index (χ0n) is 13.7. The highest BCUT2D eigenvalue weighted by Crippen LogP contribution is 2.32. The van der Waals surface area contributed by atoms with Gasteiger partial charge in [-0.05, 0) is 25.1 Å². The highest BCUT2D eigenvalue weighted by Gasteiger charge is 2.33. The molecule has 0 spiro atoms. The van der Waals surface area contributed by atoms with Gasteiger partial charge < -0.3 is 4.74 Å².